The Morgan fingerprint density at radius 3 is 2.20 bits per heavy atom. The topological polar surface area (TPSA) is 3.24 Å². The molecule has 0 rings (SSSR count). The first-order valence-electron chi connectivity index (χ1n) is 3.48. The van der Waals surface area contributed by atoms with Gasteiger partial charge in [0.05, 0.1) is 0 Å². The van der Waals surface area contributed by atoms with E-state index >= 15 is 0 Å². The van der Waals surface area contributed by atoms with Crippen LogP contribution in [0.4, 0.5) is 0 Å². The number of unbranched alkanes of at least 4 members (excludes halogenated alkanes) is 1. The Morgan fingerprint density at radius 1 is 1.10 bits per heavy atom. The molecule has 0 N–H and O–H groups in total. The van der Waals surface area contributed by atoms with Crippen molar-refractivity contribution >= 4 is 0 Å². The fourth-order valence-electron chi connectivity index (χ4n) is 0.551. The Bertz CT molecular complexity index is 66.6. The van der Waals surface area contributed by atoms with E-state index < -0.39 is 0 Å². The third-order valence-electron chi connectivity index (χ3n) is 1.03. The van der Waals surface area contributed by atoms with Crippen LogP contribution >= 0.6 is 0 Å². The zero-order valence-electron chi connectivity index (χ0n) is 7.03. The summed E-state index contributed by atoms with van der Waals surface area (Å²) in [5.74, 6) is 0. The summed E-state index contributed by atoms with van der Waals surface area (Å²) in [5, 5.41) is 0. The van der Waals surface area contributed by atoms with Crippen molar-refractivity contribution in [3.63, 3.8) is 0 Å². The summed E-state index contributed by atoms with van der Waals surface area (Å²) in [7, 11) is 4.39. The van der Waals surface area contributed by atoms with Crippen molar-refractivity contribution in [2.75, 3.05) is 27.9 Å². The van der Waals surface area contributed by atoms with E-state index in [1.165, 1.54) is 21.7 Å². The SMILES string of the molecule is C[I-]CCCC[I-]N(C)C. The van der Waals surface area contributed by atoms with Gasteiger partial charge in [-0.05, 0) is 0 Å². The van der Waals surface area contributed by atoms with Crippen LogP contribution in [-0.2, 0) is 0 Å². The molecule has 3 heteroatoms. The average Bonchev–Trinajstić information content (AvgIpc) is 1.87. The van der Waals surface area contributed by atoms with Crippen LogP contribution in [0.25, 0.3) is 0 Å². The van der Waals surface area contributed by atoms with Crippen LogP contribution < -0.4 is 42.7 Å². The van der Waals surface area contributed by atoms with Gasteiger partial charge in [0.2, 0.25) is 0 Å². The van der Waals surface area contributed by atoms with E-state index in [9.17, 15) is 0 Å². The van der Waals surface area contributed by atoms with E-state index in [0.29, 0.717) is 42.7 Å². The number of alkyl halides is 3. The summed E-state index contributed by atoms with van der Waals surface area (Å²) >= 11 is 0.965. The fraction of sp³-hybridized carbons (Fsp3) is 1.00. The first-order valence-corrected chi connectivity index (χ1v) is 9.65. The molecule has 10 heavy (non-hydrogen) atoms. The van der Waals surface area contributed by atoms with E-state index in [1.807, 2.05) is 0 Å². The Hall–Kier alpha value is 1.42. The molecule has 0 aliphatic heterocycles. The van der Waals surface area contributed by atoms with Gasteiger partial charge in [0, 0.05) is 0 Å². The fourth-order valence-corrected chi connectivity index (χ4v) is 3.70. The summed E-state index contributed by atoms with van der Waals surface area (Å²) in [6.07, 6.45) is 2.98. The molecular formula is C7H17I2N-2. The Labute approximate surface area is 85.8 Å². The molecule has 0 aromatic carbocycles. The molecular weight excluding hydrogens is 352 g/mol. The van der Waals surface area contributed by atoms with Gasteiger partial charge in [-0.1, -0.05) is 0 Å². The minimum absolute atomic E-state index is 0.393. The van der Waals surface area contributed by atoms with Crippen molar-refractivity contribution in [1.29, 1.82) is 0 Å². The Kier molecular flexibility index (Phi) is 9.73. The van der Waals surface area contributed by atoms with Gasteiger partial charge in [0.25, 0.3) is 0 Å². The zero-order chi connectivity index (χ0) is 7.82. The minimum atomic E-state index is 0.393. The van der Waals surface area contributed by atoms with Crippen molar-refractivity contribution in [1.82, 2.24) is 3.11 Å². The molecule has 0 atom stereocenters. The van der Waals surface area contributed by atoms with Crippen LogP contribution in [0.15, 0.2) is 0 Å². The summed E-state index contributed by atoms with van der Waals surface area (Å²) in [6.45, 7) is 0. The molecule has 0 radical (unpaired) electrons. The first-order chi connectivity index (χ1) is 4.77. The molecule has 0 bridgehead atoms. The molecule has 1 nitrogen and oxygen atoms in total. The van der Waals surface area contributed by atoms with Gasteiger partial charge >= 0.3 is 86.5 Å². The number of nitrogens with zero attached hydrogens (tertiary/aromatic N) is 1. The van der Waals surface area contributed by atoms with E-state index in [-0.39, 0.29) is 0 Å². The molecule has 0 aromatic rings. The van der Waals surface area contributed by atoms with Crippen LogP contribution in [0.1, 0.15) is 12.8 Å². The zero-order valence-corrected chi connectivity index (χ0v) is 11.3. The maximum atomic E-state index is 2.37. The molecule has 0 aromatic heterocycles. The van der Waals surface area contributed by atoms with Gasteiger partial charge in [-0.3, -0.25) is 0 Å². The second kappa shape index (κ2) is 8.52. The third-order valence-corrected chi connectivity index (χ3v) is 5.48. The van der Waals surface area contributed by atoms with Crippen LogP contribution in [0.5, 0.6) is 0 Å². The number of rotatable bonds is 6. The molecule has 0 aliphatic rings. The summed E-state index contributed by atoms with van der Waals surface area (Å²) in [6, 6.07) is 0. The molecule has 0 saturated heterocycles. The van der Waals surface area contributed by atoms with E-state index in [2.05, 4.69) is 22.1 Å². The van der Waals surface area contributed by atoms with E-state index in [1.54, 1.807) is 0 Å². The van der Waals surface area contributed by atoms with Crippen LogP contribution in [0.2, 0.25) is 0 Å². The normalized spacial score (nSPS) is 11.6. The predicted octanol–water partition coefficient (Wildman–Crippen LogP) is -4.95. The van der Waals surface area contributed by atoms with E-state index in [0.717, 1.165) is 0 Å². The van der Waals surface area contributed by atoms with Gasteiger partial charge in [-0.25, -0.2) is 0 Å². The van der Waals surface area contributed by atoms with Gasteiger partial charge < -0.3 is 0 Å². The third kappa shape index (κ3) is 9.42. The molecule has 0 spiro atoms. The number of hydrogen-bond donors (Lipinski definition) is 0. The maximum absolute atomic E-state index is 2.37. The van der Waals surface area contributed by atoms with Crippen molar-refractivity contribution < 1.29 is 42.7 Å². The Morgan fingerprint density at radius 2 is 1.70 bits per heavy atom. The van der Waals surface area contributed by atoms with E-state index in [4.69, 9.17) is 0 Å². The Balaban J connectivity index is 2.77. The monoisotopic (exact) mass is 369 g/mol. The molecule has 0 heterocycles. The molecule has 0 unspecified atom stereocenters. The van der Waals surface area contributed by atoms with Crippen molar-refractivity contribution in [3.05, 3.63) is 0 Å². The average molecular weight is 369 g/mol. The number of halogens is 2. The quantitative estimate of drug-likeness (QED) is 0.196. The van der Waals surface area contributed by atoms with Gasteiger partial charge in [-0.15, -0.1) is 0 Å². The number of hydrogen-bond acceptors (Lipinski definition) is 1. The standard InChI is InChI=1S/C7H17I2N/c1-8-6-4-5-7-9-10(2)3/h4-7H2,1-3H3/q-2. The van der Waals surface area contributed by atoms with Crippen LogP contribution in [0.3, 0.4) is 0 Å². The second-order valence-corrected chi connectivity index (χ2v) is 8.55. The van der Waals surface area contributed by atoms with Crippen molar-refractivity contribution in [2.45, 2.75) is 12.8 Å². The van der Waals surface area contributed by atoms with Gasteiger partial charge in [-0.2, -0.15) is 0 Å². The van der Waals surface area contributed by atoms with Crippen molar-refractivity contribution in [2.24, 2.45) is 0 Å². The molecule has 66 valence electrons. The summed E-state index contributed by atoms with van der Waals surface area (Å²) in [5.41, 5.74) is 0. The first kappa shape index (κ1) is 11.4. The van der Waals surface area contributed by atoms with Crippen LogP contribution in [0, 0.1) is 0 Å². The summed E-state index contributed by atoms with van der Waals surface area (Å²) in [4.78, 5) is 2.37. The molecule has 0 amide bonds. The molecule has 0 aliphatic carbocycles. The van der Waals surface area contributed by atoms with Crippen molar-refractivity contribution in [3.8, 4) is 0 Å². The predicted molar refractivity (Wildman–Crippen MR) is 38.6 cm³/mol. The molecule has 0 fully saturated rings. The summed E-state index contributed by atoms with van der Waals surface area (Å²) < 4.78 is 5.41. The van der Waals surface area contributed by atoms with Crippen LogP contribution in [-0.4, -0.2) is 31.0 Å². The van der Waals surface area contributed by atoms with Gasteiger partial charge in [0.15, 0.2) is 0 Å². The van der Waals surface area contributed by atoms with Gasteiger partial charge in [0.1, 0.15) is 0 Å². The second-order valence-electron chi connectivity index (χ2n) is 2.26. The molecule has 0 saturated carbocycles.